The molecule has 1 atom stereocenters. The summed E-state index contributed by atoms with van der Waals surface area (Å²) in [6.07, 6.45) is 3.19. The molecule has 0 unspecified atom stereocenters. The number of benzene rings is 1. The Morgan fingerprint density at radius 2 is 1.95 bits per heavy atom. The average Bonchev–Trinajstić information content (AvgIpc) is 3.48. The summed E-state index contributed by atoms with van der Waals surface area (Å²) in [5.74, 6) is 1.82. The molecule has 0 radical (unpaired) electrons. The number of amides is 2. The van der Waals surface area contributed by atoms with Crippen molar-refractivity contribution in [2.24, 2.45) is 0 Å². The number of thiophene rings is 1. The van der Waals surface area contributed by atoms with Crippen LogP contribution in [0.5, 0.6) is 17.2 Å². The fraction of sp³-hybridized carbons (Fsp3) is 0.464. The Bertz CT molecular complexity index is 1190. The molecule has 2 amide bonds. The molecule has 3 aromatic rings. The first-order chi connectivity index (χ1) is 18.4. The van der Waals surface area contributed by atoms with Crippen LogP contribution in [0.15, 0.2) is 33.5 Å². The topological polar surface area (TPSA) is 103 Å². The van der Waals surface area contributed by atoms with Crippen LogP contribution in [-0.4, -0.2) is 55.3 Å². The predicted molar refractivity (Wildman–Crippen MR) is 144 cm³/mol. The van der Waals surface area contributed by atoms with Crippen molar-refractivity contribution >= 4 is 23.2 Å². The van der Waals surface area contributed by atoms with Crippen LogP contribution >= 0.6 is 11.3 Å². The second kappa shape index (κ2) is 12.8. The van der Waals surface area contributed by atoms with Gasteiger partial charge < -0.3 is 29.0 Å². The molecule has 0 saturated carbocycles. The monoisotopic (exact) mass is 541 g/mol. The molecule has 1 aliphatic heterocycles. The Hall–Kier alpha value is -3.53. The summed E-state index contributed by atoms with van der Waals surface area (Å²) in [7, 11) is 3.15. The van der Waals surface area contributed by atoms with Crippen LogP contribution in [0.3, 0.4) is 0 Å². The lowest BCUT2D eigenvalue weighted by molar-refractivity contribution is -0.140. The molecule has 0 bridgehead atoms. The number of nitrogens with one attached hydrogen (secondary N) is 1. The van der Waals surface area contributed by atoms with E-state index in [2.05, 4.69) is 21.9 Å². The van der Waals surface area contributed by atoms with Gasteiger partial charge in [0.05, 0.1) is 32.9 Å². The van der Waals surface area contributed by atoms with E-state index in [0.29, 0.717) is 48.3 Å². The van der Waals surface area contributed by atoms with Gasteiger partial charge in [0.1, 0.15) is 11.8 Å². The molecule has 9 nitrogen and oxygen atoms in total. The van der Waals surface area contributed by atoms with E-state index >= 15 is 0 Å². The second-order valence-electron chi connectivity index (χ2n) is 9.36. The number of aryl methyl sites for hydroxylation is 2. The van der Waals surface area contributed by atoms with Crippen molar-refractivity contribution < 1.29 is 28.3 Å². The van der Waals surface area contributed by atoms with Crippen molar-refractivity contribution in [1.29, 1.82) is 0 Å². The molecule has 1 N–H and O–H groups in total. The third-order valence-electron chi connectivity index (χ3n) is 6.80. The van der Waals surface area contributed by atoms with Crippen molar-refractivity contribution in [2.45, 2.75) is 58.5 Å². The number of ether oxygens (including phenoxy) is 3. The van der Waals surface area contributed by atoms with Gasteiger partial charge in [-0.05, 0) is 73.2 Å². The smallest absolute Gasteiger partial charge is 0.242 e. The maximum absolute atomic E-state index is 13.7. The number of hydrogen-bond donors (Lipinski definition) is 1. The Morgan fingerprint density at radius 3 is 2.58 bits per heavy atom. The van der Waals surface area contributed by atoms with Gasteiger partial charge in [-0.2, -0.15) is 11.3 Å². The van der Waals surface area contributed by atoms with E-state index < -0.39 is 6.04 Å². The van der Waals surface area contributed by atoms with Crippen LogP contribution in [0, 0.1) is 13.8 Å². The molecule has 4 rings (SSSR count). The van der Waals surface area contributed by atoms with Crippen molar-refractivity contribution in [3.8, 4) is 17.2 Å². The van der Waals surface area contributed by atoms with Gasteiger partial charge in [0.25, 0.3) is 0 Å². The van der Waals surface area contributed by atoms with Gasteiger partial charge in [-0.3, -0.25) is 9.59 Å². The third kappa shape index (κ3) is 6.48. The van der Waals surface area contributed by atoms with Gasteiger partial charge in [-0.25, -0.2) is 0 Å². The van der Waals surface area contributed by atoms with Crippen molar-refractivity contribution in [1.82, 2.24) is 15.4 Å². The SMILES string of the molecule is COc1cc(CN(C(=O)Cc2c(C)noc2C)[C@H]2CCCCNC2=O)cc(OC)c1OCCc1ccsc1. The van der Waals surface area contributed by atoms with Crippen LogP contribution < -0.4 is 19.5 Å². The molecule has 0 aliphatic carbocycles. The molecule has 2 aromatic heterocycles. The second-order valence-corrected chi connectivity index (χ2v) is 10.1. The van der Waals surface area contributed by atoms with E-state index in [1.54, 1.807) is 37.4 Å². The van der Waals surface area contributed by atoms with E-state index in [0.717, 1.165) is 30.4 Å². The molecule has 1 aromatic carbocycles. The first-order valence-corrected chi connectivity index (χ1v) is 13.7. The van der Waals surface area contributed by atoms with Gasteiger partial charge in [0.2, 0.25) is 17.6 Å². The minimum absolute atomic E-state index is 0.100. The molecular formula is C28H35N3O6S. The molecule has 1 fully saturated rings. The number of hydrogen-bond acceptors (Lipinski definition) is 8. The van der Waals surface area contributed by atoms with Gasteiger partial charge in [0.15, 0.2) is 11.5 Å². The van der Waals surface area contributed by atoms with Crippen LogP contribution in [0.25, 0.3) is 0 Å². The van der Waals surface area contributed by atoms with E-state index in [1.807, 2.05) is 24.4 Å². The van der Waals surface area contributed by atoms with Gasteiger partial charge in [-0.15, -0.1) is 0 Å². The van der Waals surface area contributed by atoms with Crippen LogP contribution in [0.4, 0.5) is 0 Å². The van der Waals surface area contributed by atoms with E-state index in [-0.39, 0.29) is 24.8 Å². The zero-order valence-corrected chi connectivity index (χ0v) is 23.2. The normalized spacial score (nSPS) is 15.5. The molecule has 204 valence electrons. The number of aromatic nitrogens is 1. The van der Waals surface area contributed by atoms with E-state index in [9.17, 15) is 9.59 Å². The fourth-order valence-electron chi connectivity index (χ4n) is 4.67. The highest BCUT2D eigenvalue weighted by molar-refractivity contribution is 7.07. The highest BCUT2D eigenvalue weighted by atomic mass is 32.1. The Balaban J connectivity index is 1.60. The fourth-order valence-corrected chi connectivity index (χ4v) is 5.37. The first-order valence-electron chi connectivity index (χ1n) is 12.8. The van der Waals surface area contributed by atoms with Crippen LogP contribution in [-0.2, 0) is 29.0 Å². The lowest BCUT2D eigenvalue weighted by atomic mass is 10.0. The summed E-state index contributed by atoms with van der Waals surface area (Å²) in [5.41, 5.74) is 3.40. The van der Waals surface area contributed by atoms with Gasteiger partial charge >= 0.3 is 0 Å². The number of nitrogens with zero attached hydrogens (tertiary/aromatic N) is 2. The molecule has 1 saturated heterocycles. The lowest BCUT2D eigenvalue weighted by Crippen LogP contribution is -2.48. The van der Waals surface area contributed by atoms with Gasteiger partial charge in [0, 0.05) is 25.1 Å². The standard InChI is InChI=1S/C28H35N3O6S/c1-18-22(19(2)37-30-18)15-26(32)31(23-7-5-6-10-29-28(23)33)16-21-13-24(34-3)27(25(14-21)35-4)36-11-8-20-9-12-38-17-20/h9,12-14,17,23H,5-8,10-11,15-16H2,1-4H3,(H,29,33)/t23-/m0/s1. The van der Waals surface area contributed by atoms with Crippen LogP contribution in [0.2, 0.25) is 0 Å². The van der Waals surface area contributed by atoms with E-state index in [1.165, 1.54) is 5.56 Å². The van der Waals surface area contributed by atoms with Crippen LogP contribution in [0.1, 0.15) is 47.4 Å². The number of methoxy groups -OCH3 is 2. The average molecular weight is 542 g/mol. The minimum atomic E-state index is -0.580. The molecular weight excluding hydrogens is 506 g/mol. The quantitative estimate of drug-likeness (QED) is 0.387. The first kappa shape index (κ1) is 27.5. The van der Waals surface area contributed by atoms with Gasteiger partial charge in [-0.1, -0.05) is 5.16 Å². The zero-order chi connectivity index (χ0) is 27.1. The summed E-state index contributed by atoms with van der Waals surface area (Å²) >= 11 is 1.65. The summed E-state index contributed by atoms with van der Waals surface area (Å²) in [4.78, 5) is 28.3. The zero-order valence-electron chi connectivity index (χ0n) is 22.4. The summed E-state index contributed by atoms with van der Waals surface area (Å²) in [6, 6.07) is 5.17. The third-order valence-corrected chi connectivity index (χ3v) is 7.53. The highest BCUT2D eigenvalue weighted by Gasteiger charge is 2.32. The summed E-state index contributed by atoms with van der Waals surface area (Å²) in [5, 5.41) is 11.1. The van der Waals surface area contributed by atoms with Crippen molar-refractivity contribution in [3.05, 3.63) is 57.1 Å². The Morgan fingerprint density at radius 1 is 1.18 bits per heavy atom. The maximum Gasteiger partial charge on any atom is 0.242 e. The molecule has 10 heteroatoms. The summed E-state index contributed by atoms with van der Waals surface area (Å²) < 4.78 is 22.6. The molecule has 0 spiro atoms. The highest BCUT2D eigenvalue weighted by Crippen LogP contribution is 2.39. The largest absolute Gasteiger partial charge is 0.493 e. The summed E-state index contributed by atoms with van der Waals surface area (Å²) in [6.45, 7) is 4.89. The Labute approximate surface area is 227 Å². The number of carbonyl (C=O) groups excluding carboxylic acids is 2. The predicted octanol–water partition coefficient (Wildman–Crippen LogP) is 4.23. The molecule has 3 heterocycles. The molecule has 1 aliphatic rings. The number of rotatable bonds is 11. The molecule has 38 heavy (non-hydrogen) atoms. The van der Waals surface area contributed by atoms with Crippen molar-refractivity contribution in [2.75, 3.05) is 27.4 Å². The lowest BCUT2D eigenvalue weighted by Gasteiger charge is -2.30. The van der Waals surface area contributed by atoms with Crippen molar-refractivity contribution in [3.63, 3.8) is 0 Å². The number of carbonyl (C=O) groups is 2. The van der Waals surface area contributed by atoms with E-state index in [4.69, 9.17) is 18.7 Å². The Kier molecular flexibility index (Phi) is 9.28. The minimum Gasteiger partial charge on any atom is -0.493 e. The maximum atomic E-state index is 13.7.